The van der Waals surface area contributed by atoms with Crippen LogP contribution in [0.25, 0.3) is 0 Å². The number of hydrogen-bond acceptors (Lipinski definition) is 4. The summed E-state index contributed by atoms with van der Waals surface area (Å²) >= 11 is 0. The van der Waals surface area contributed by atoms with Crippen molar-refractivity contribution in [3.05, 3.63) is 53.9 Å². The minimum Gasteiger partial charge on any atom is -0.497 e. The molecule has 6 nitrogen and oxygen atoms in total. The number of methoxy groups -OCH3 is 1. The van der Waals surface area contributed by atoms with Crippen LogP contribution in [0.3, 0.4) is 0 Å². The highest BCUT2D eigenvalue weighted by molar-refractivity contribution is 6.03. The maximum absolute atomic E-state index is 12.2. The largest absolute Gasteiger partial charge is 0.497 e. The van der Waals surface area contributed by atoms with Crippen LogP contribution in [0.5, 0.6) is 5.75 Å². The molecular weight excluding hydrogens is 294 g/mol. The van der Waals surface area contributed by atoms with Gasteiger partial charge < -0.3 is 15.4 Å². The molecule has 0 aliphatic carbocycles. The number of hydrogen-bond donors (Lipinski definition) is 2. The van der Waals surface area contributed by atoms with E-state index >= 15 is 0 Å². The van der Waals surface area contributed by atoms with Gasteiger partial charge in [-0.3, -0.25) is 9.59 Å². The SMILES string of the molecule is COc1ccc(NC(=O)c2cccc(C(=O)NC(C)C)n2)cc1. The van der Waals surface area contributed by atoms with Crippen LogP contribution >= 0.6 is 0 Å². The number of carbonyl (C=O) groups is 2. The normalized spacial score (nSPS) is 10.3. The van der Waals surface area contributed by atoms with E-state index in [0.717, 1.165) is 0 Å². The van der Waals surface area contributed by atoms with Crippen molar-refractivity contribution in [2.24, 2.45) is 0 Å². The second-order valence-electron chi connectivity index (χ2n) is 5.22. The average Bonchev–Trinajstić information content (AvgIpc) is 2.55. The maximum Gasteiger partial charge on any atom is 0.274 e. The molecule has 0 saturated heterocycles. The van der Waals surface area contributed by atoms with E-state index in [1.165, 1.54) is 0 Å². The number of pyridine rings is 1. The first-order valence-electron chi connectivity index (χ1n) is 7.23. The molecule has 0 unspecified atom stereocenters. The highest BCUT2D eigenvalue weighted by Gasteiger charge is 2.13. The van der Waals surface area contributed by atoms with Gasteiger partial charge in [-0.25, -0.2) is 4.98 Å². The first-order valence-corrected chi connectivity index (χ1v) is 7.23. The average molecular weight is 313 g/mol. The predicted molar refractivity (Wildman–Crippen MR) is 87.8 cm³/mol. The van der Waals surface area contributed by atoms with Crippen molar-refractivity contribution in [2.75, 3.05) is 12.4 Å². The molecule has 0 aliphatic rings. The van der Waals surface area contributed by atoms with Gasteiger partial charge in [-0.15, -0.1) is 0 Å². The Morgan fingerprint density at radius 1 is 1.00 bits per heavy atom. The highest BCUT2D eigenvalue weighted by atomic mass is 16.5. The van der Waals surface area contributed by atoms with Crippen molar-refractivity contribution in [2.45, 2.75) is 19.9 Å². The van der Waals surface area contributed by atoms with E-state index in [-0.39, 0.29) is 29.2 Å². The number of nitrogens with one attached hydrogen (secondary N) is 2. The third kappa shape index (κ3) is 4.54. The van der Waals surface area contributed by atoms with Gasteiger partial charge in [0.15, 0.2) is 0 Å². The highest BCUT2D eigenvalue weighted by Crippen LogP contribution is 2.15. The monoisotopic (exact) mass is 313 g/mol. The van der Waals surface area contributed by atoms with Gasteiger partial charge in [-0.05, 0) is 50.2 Å². The fraction of sp³-hybridized carbons (Fsp3) is 0.235. The standard InChI is InChI=1S/C17H19N3O3/c1-11(2)18-16(21)14-5-4-6-15(20-14)17(22)19-12-7-9-13(23-3)10-8-12/h4-11H,1-3H3,(H,18,21)(H,19,22). The molecule has 0 atom stereocenters. The number of rotatable bonds is 5. The number of nitrogens with zero attached hydrogens (tertiary/aromatic N) is 1. The first kappa shape index (κ1) is 16.5. The van der Waals surface area contributed by atoms with Crippen molar-refractivity contribution in [3.63, 3.8) is 0 Å². The molecule has 0 fully saturated rings. The third-order valence-electron chi connectivity index (χ3n) is 2.98. The molecule has 2 amide bonds. The van der Waals surface area contributed by atoms with Gasteiger partial charge in [0.25, 0.3) is 11.8 Å². The van der Waals surface area contributed by atoms with Crippen molar-refractivity contribution in [1.82, 2.24) is 10.3 Å². The Labute approximate surface area is 134 Å². The summed E-state index contributed by atoms with van der Waals surface area (Å²) in [7, 11) is 1.57. The molecule has 1 heterocycles. The van der Waals surface area contributed by atoms with E-state index < -0.39 is 0 Å². The molecule has 0 bridgehead atoms. The van der Waals surface area contributed by atoms with Gasteiger partial charge >= 0.3 is 0 Å². The van der Waals surface area contributed by atoms with Crippen molar-refractivity contribution in [1.29, 1.82) is 0 Å². The molecule has 2 rings (SSSR count). The number of benzene rings is 1. The Morgan fingerprint density at radius 2 is 1.61 bits per heavy atom. The van der Waals surface area contributed by atoms with Gasteiger partial charge in [-0.1, -0.05) is 6.07 Å². The predicted octanol–water partition coefficient (Wildman–Crippen LogP) is 2.48. The summed E-state index contributed by atoms with van der Waals surface area (Å²) in [5.74, 6) is 0.0157. The molecule has 2 N–H and O–H groups in total. The van der Waals surface area contributed by atoms with Crippen LogP contribution < -0.4 is 15.4 Å². The fourth-order valence-corrected chi connectivity index (χ4v) is 1.89. The summed E-state index contributed by atoms with van der Waals surface area (Å²) in [5, 5.41) is 5.47. The van der Waals surface area contributed by atoms with Crippen LogP contribution in [0.15, 0.2) is 42.5 Å². The lowest BCUT2D eigenvalue weighted by atomic mass is 10.2. The molecule has 6 heteroatoms. The van der Waals surface area contributed by atoms with Gasteiger partial charge in [0.1, 0.15) is 17.1 Å². The number of aromatic nitrogens is 1. The number of carbonyl (C=O) groups excluding carboxylic acids is 2. The van der Waals surface area contributed by atoms with E-state index in [0.29, 0.717) is 11.4 Å². The van der Waals surface area contributed by atoms with E-state index in [9.17, 15) is 9.59 Å². The summed E-state index contributed by atoms with van der Waals surface area (Å²) < 4.78 is 5.06. The number of amides is 2. The van der Waals surface area contributed by atoms with E-state index in [2.05, 4.69) is 15.6 Å². The lowest BCUT2D eigenvalue weighted by Crippen LogP contribution is -2.31. The lowest BCUT2D eigenvalue weighted by molar-refractivity contribution is 0.0938. The molecule has 0 aliphatic heterocycles. The quantitative estimate of drug-likeness (QED) is 0.888. The zero-order chi connectivity index (χ0) is 16.8. The Kier molecular flexibility index (Phi) is 5.30. The summed E-state index contributed by atoms with van der Waals surface area (Å²) in [6.45, 7) is 3.72. The summed E-state index contributed by atoms with van der Waals surface area (Å²) in [6.07, 6.45) is 0. The minimum absolute atomic E-state index is 0.00100. The zero-order valence-corrected chi connectivity index (χ0v) is 13.3. The van der Waals surface area contributed by atoms with Crippen molar-refractivity contribution in [3.8, 4) is 5.75 Å². The van der Waals surface area contributed by atoms with Crippen LogP contribution in [0.1, 0.15) is 34.8 Å². The van der Waals surface area contributed by atoms with Gasteiger partial charge in [-0.2, -0.15) is 0 Å². The number of anilines is 1. The van der Waals surface area contributed by atoms with Crippen LogP contribution in [0.2, 0.25) is 0 Å². The Balaban J connectivity index is 2.11. The Hall–Kier alpha value is -2.89. The van der Waals surface area contributed by atoms with Gasteiger partial charge in [0.2, 0.25) is 0 Å². The van der Waals surface area contributed by atoms with Crippen molar-refractivity contribution >= 4 is 17.5 Å². The first-order chi connectivity index (χ1) is 11.0. The topological polar surface area (TPSA) is 80.3 Å². The molecule has 1 aromatic heterocycles. The Morgan fingerprint density at radius 3 is 2.17 bits per heavy atom. The molecular formula is C17H19N3O3. The lowest BCUT2D eigenvalue weighted by Gasteiger charge is -2.09. The Bertz CT molecular complexity index is 696. The summed E-state index contributed by atoms with van der Waals surface area (Å²) in [5.41, 5.74) is 1.01. The molecule has 0 saturated carbocycles. The molecule has 120 valence electrons. The maximum atomic E-state index is 12.2. The molecule has 23 heavy (non-hydrogen) atoms. The third-order valence-corrected chi connectivity index (χ3v) is 2.98. The van der Waals surface area contributed by atoms with E-state index in [1.54, 1.807) is 49.6 Å². The van der Waals surface area contributed by atoms with E-state index in [4.69, 9.17) is 4.74 Å². The zero-order valence-electron chi connectivity index (χ0n) is 13.3. The smallest absolute Gasteiger partial charge is 0.274 e. The minimum atomic E-state index is -0.380. The second kappa shape index (κ2) is 7.40. The van der Waals surface area contributed by atoms with Gasteiger partial charge in [0, 0.05) is 11.7 Å². The van der Waals surface area contributed by atoms with Gasteiger partial charge in [0.05, 0.1) is 7.11 Å². The number of ether oxygens (including phenoxy) is 1. The fourth-order valence-electron chi connectivity index (χ4n) is 1.89. The summed E-state index contributed by atoms with van der Waals surface area (Å²) in [6, 6.07) is 11.7. The van der Waals surface area contributed by atoms with Crippen LogP contribution in [0.4, 0.5) is 5.69 Å². The molecule has 0 spiro atoms. The molecule has 2 aromatic rings. The van der Waals surface area contributed by atoms with Crippen LogP contribution in [-0.2, 0) is 0 Å². The molecule has 1 aromatic carbocycles. The van der Waals surface area contributed by atoms with Crippen molar-refractivity contribution < 1.29 is 14.3 Å². The van der Waals surface area contributed by atoms with Crippen LogP contribution in [0, 0.1) is 0 Å². The molecule has 0 radical (unpaired) electrons. The van der Waals surface area contributed by atoms with E-state index in [1.807, 2.05) is 13.8 Å². The second-order valence-corrected chi connectivity index (χ2v) is 5.22. The van der Waals surface area contributed by atoms with Crippen LogP contribution in [-0.4, -0.2) is 29.9 Å². The summed E-state index contributed by atoms with van der Waals surface area (Å²) in [4.78, 5) is 28.3.